The van der Waals surface area contributed by atoms with Crippen LogP contribution in [0.3, 0.4) is 0 Å². The van der Waals surface area contributed by atoms with E-state index in [4.69, 9.17) is 4.74 Å². The Morgan fingerprint density at radius 2 is 1.77 bits per heavy atom. The van der Waals surface area contributed by atoms with Gasteiger partial charge in [-0.15, -0.1) is 0 Å². The fourth-order valence-corrected chi connectivity index (χ4v) is 3.64. The highest BCUT2D eigenvalue weighted by Gasteiger charge is 2.33. The third-order valence-electron chi connectivity index (χ3n) is 5.33. The van der Waals surface area contributed by atoms with Crippen molar-refractivity contribution in [3.05, 3.63) is 72.1 Å². The maximum atomic E-state index is 12.9. The van der Waals surface area contributed by atoms with Crippen molar-refractivity contribution in [2.24, 2.45) is 0 Å². The molecule has 0 fully saturated rings. The van der Waals surface area contributed by atoms with Crippen LogP contribution in [-0.2, 0) is 20.9 Å². The quantitative estimate of drug-likeness (QED) is 0.525. The topological polar surface area (TPSA) is 99.3 Å². The summed E-state index contributed by atoms with van der Waals surface area (Å²) >= 11 is 0. The number of carbonyl (C=O) groups is 4. The van der Waals surface area contributed by atoms with Crippen molar-refractivity contribution >= 4 is 29.7 Å². The maximum absolute atomic E-state index is 12.9. The van der Waals surface area contributed by atoms with Crippen LogP contribution in [0.25, 0.3) is 11.1 Å². The van der Waals surface area contributed by atoms with Crippen molar-refractivity contribution in [1.29, 1.82) is 0 Å². The Kier molecular flexibility index (Phi) is 7.51. The van der Waals surface area contributed by atoms with Crippen LogP contribution in [-0.4, -0.2) is 68.6 Å². The first-order valence-corrected chi connectivity index (χ1v) is 10.8. The molecule has 0 saturated carbocycles. The van der Waals surface area contributed by atoms with Crippen molar-refractivity contribution in [2.75, 3.05) is 39.7 Å². The molecule has 9 heteroatoms. The minimum absolute atomic E-state index is 0.0346. The average Bonchev–Trinajstić information content (AvgIpc) is 3.16. The monoisotopic (exact) mass is 476 g/mol. The number of hydrogen-bond donors (Lipinski definition) is 1. The van der Waals surface area contributed by atoms with Gasteiger partial charge in [0.15, 0.2) is 12.9 Å². The number of benzene rings is 2. The lowest BCUT2D eigenvalue weighted by Gasteiger charge is -2.26. The van der Waals surface area contributed by atoms with E-state index in [1.165, 1.54) is 4.90 Å². The van der Waals surface area contributed by atoms with E-state index in [0.29, 0.717) is 23.3 Å². The number of carbonyl (C=O) groups excluding carboxylic acids is 4. The second-order valence-corrected chi connectivity index (χ2v) is 8.53. The van der Waals surface area contributed by atoms with Crippen molar-refractivity contribution in [3.63, 3.8) is 0 Å². The number of amides is 3. The van der Waals surface area contributed by atoms with Crippen molar-refractivity contribution in [2.45, 2.75) is 6.54 Å². The fraction of sp³-hybridized carbons (Fsp3) is 0.231. The average molecular weight is 477 g/mol. The molecule has 2 aliphatic rings. The number of anilines is 1. The molecule has 2 aromatic rings. The lowest BCUT2D eigenvalue weighted by molar-refractivity contribution is -0.121. The molecule has 0 bridgehead atoms. The van der Waals surface area contributed by atoms with Gasteiger partial charge in [-0.3, -0.25) is 24.1 Å². The summed E-state index contributed by atoms with van der Waals surface area (Å²) < 4.78 is 5.57. The van der Waals surface area contributed by atoms with E-state index in [2.05, 4.69) is 18.5 Å². The van der Waals surface area contributed by atoms with Crippen LogP contribution < -0.4 is 15.0 Å². The van der Waals surface area contributed by atoms with Crippen LogP contribution in [0.4, 0.5) is 5.69 Å². The van der Waals surface area contributed by atoms with Gasteiger partial charge in [-0.2, -0.15) is 0 Å². The Balaban J connectivity index is 0.000000795. The zero-order chi connectivity index (χ0) is 25.9. The van der Waals surface area contributed by atoms with Gasteiger partial charge in [0.25, 0.3) is 17.7 Å². The molecule has 2 aliphatic heterocycles. The summed E-state index contributed by atoms with van der Waals surface area (Å²) in [5, 5.41) is 2.30. The van der Waals surface area contributed by atoms with Crippen LogP contribution in [0.2, 0.25) is 0 Å². The van der Waals surface area contributed by atoms with Gasteiger partial charge in [-0.1, -0.05) is 31.4 Å². The number of hydrogen-bond acceptors (Lipinski definition) is 6. The largest absolute Gasteiger partial charge is 0.482 e. The first-order chi connectivity index (χ1) is 16.5. The van der Waals surface area contributed by atoms with E-state index in [-0.39, 0.29) is 36.4 Å². The van der Waals surface area contributed by atoms with Crippen molar-refractivity contribution < 1.29 is 23.9 Å². The van der Waals surface area contributed by atoms with E-state index in [1.807, 2.05) is 44.2 Å². The third-order valence-corrected chi connectivity index (χ3v) is 5.33. The zero-order valence-electron chi connectivity index (χ0n) is 20.3. The Morgan fingerprint density at radius 3 is 2.43 bits per heavy atom. The fourth-order valence-electron chi connectivity index (χ4n) is 3.64. The van der Waals surface area contributed by atoms with Crippen LogP contribution in [0.15, 0.2) is 61.0 Å². The summed E-state index contributed by atoms with van der Waals surface area (Å²) in [6.07, 6.45) is 0.410. The molecule has 0 spiro atoms. The lowest BCUT2D eigenvalue weighted by Crippen LogP contribution is -2.35. The zero-order valence-corrected chi connectivity index (χ0v) is 20.3. The predicted molar refractivity (Wildman–Crippen MR) is 133 cm³/mol. The highest BCUT2D eigenvalue weighted by atomic mass is 16.5. The lowest BCUT2D eigenvalue weighted by atomic mass is 9.96. The van der Waals surface area contributed by atoms with Crippen molar-refractivity contribution in [1.82, 2.24) is 15.1 Å². The molecule has 0 radical (unpaired) electrons. The first-order valence-electron chi connectivity index (χ1n) is 10.8. The Bertz CT molecular complexity index is 1230. The summed E-state index contributed by atoms with van der Waals surface area (Å²) in [5.41, 5.74) is 3.31. The van der Waals surface area contributed by atoms with Crippen LogP contribution in [0.1, 0.15) is 15.9 Å². The minimum atomic E-state index is -0.672. The molecule has 4 rings (SSSR count). The molecule has 0 aliphatic carbocycles. The smallest absolute Gasteiger partial charge is 0.271 e. The normalized spacial score (nSPS) is 13.9. The summed E-state index contributed by atoms with van der Waals surface area (Å²) in [6, 6.07) is 10.8. The van der Waals surface area contributed by atoms with Gasteiger partial charge in [-0.05, 0) is 56.0 Å². The number of allylic oxidation sites excluding steroid dienone is 1. The Hall–Kier alpha value is -4.24. The van der Waals surface area contributed by atoms with Crippen LogP contribution in [0.5, 0.6) is 5.75 Å². The minimum Gasteiger partial charge on any atom is -0.482 e. The number of fused-ring (bicyclic) bond motifs is 2. The molecule has 1 N–H and O–H groups in total. The van der Waals surface area contributed by atoms with Gasteiger partial charge in [0.1, 0.15) is 11.4 Å². The van der Waals surface area contributed by atoms with Gasteiger partial charge in [0.05, 0.1) is 17.9 Å². The molecule has 0 aromatic heterocycles. The van der Waals surface area contributed by atoms with E-state index < -0.39 is 5.91 Å². The molecule has 0 atom stereocenters. The van der Waals surface area contributed by atoms with E-state index in [0.717, 1.165) is 16.7 Å². The molecular formula is C26H28N4O5. The molecule has 3 amide bonds. The molecule has 0 unspecified atom stereocenters. The number of nitrogens with one attached hydrogen (secondary N) is 1. The second-order valence-electron chi connectivity index (χ2n) is 8.53. The summed E-state index contributed by atoms with van der Waals surface area (Å²) in [7, 11) is 7.69. The molecular weight excluding hydrogens is 448 g/mol. The summed E-state index contributed by atoms with van der Waals surface area (Å²) in [5.74, 6) is -0.575. The van der Waals surface area contributed by atoms with E-state index in [9.17, 15) is 19.2 Å². The van der Waals surface area contributed by atoms with Crippen LogP contribution in [0, 0.1) is 0 Å². The Labute approximate surface area is 204 Å². The van der Waals surface area contributed by atoms with Gasteiger partial charge in [0.2, 0.25) is 0 Å². The standard InChI is InChI=1S/C23H19N3O5.C3H9N/c1-13(11-27)24-22(29)14(2)26-10-18-16(5-4-6-17(18)23(26)30)15-7-8-19-20(9-15)31-12-21(28)25(19)3;1-4(2)3/h4-9,11H,1-2,10,12H2,3H3,(H,24,29);1-3H3. The molecule has 2 heterocycles. The van der Waals surface area contributed by atoms with E-state index >= 15 is 0 Å². The predicted octanol–water partition coefficient (Wildman–Crippen LogP) is 2.18. The van der Waals surface area contributed by atoms with Gasteiger partial charge < -0.3 is 19.9 Å². The van der Waals surface area contributed by atoms with E-state index in [1.54, 1.807) is 30.1 Å². The van der Waals surface area contributed by atoms with Crippen molar-refractivity contribution in [3.8, 4) is 16.9 Å². The number of rotatable bonds is 5. The third kappa shape index (κ3) is 5.30. The Morgan fingerprint density at radius 1 is 1.11 bits per heavy atom. The summed E-state index contributed by atoms with van der Waals surface area (Å²) in [4.78, 5) is 52.6. The summed E-state index contributed by atoms with van der Waals surface area (Å²) in [6.45, 7) is 7.23. The number of nitrogens with zero attached hydrogens (tertiary/aromatic N) is 3. The maximum Gasteiger partial charge on any atom is 0.271 e. The van der Waals surface area contributed by atoms with Gasteiger partial charge in [-0.25, -0.2) is 0 Å². The van der Waals surface area contributed by atoms with Gasteiger partial charge in [0, 0.05) is 12.6 Å². The molecule has 35 heavy (non-hydrogen) atoms. The van der Waals surface area contributed by atoms with Crippen LogP contribution >= 0.6 is 0 Å². The second kappa shape index (κ2) is 10.4. The highest BCUT2D eigenvalue weighted by Crippen LogP contribution is 2.39. The molecule has 182 valence electrons. The SMILES string of the molecule is C=C(C=O)NC(=O)C(=C)N1Cc2c(cccc2-c2ccc3c(c2)OCC(=O)N3C)C1=O.CN(C)C. The molecule has 9 nitrogen and oxygen atoms in total. The first kappa shape index (κ1) is 25.4. The molecule has 2 aromatic carbocycles. The number of aldehydes is 1. The number of ether oxygens (including phenoxy) is 1. The highest BCUT2D eigenvalue weighted by molar-refractivity contribution is 6.07. The number of likely N-dealkylation sites (N-methyl/N-ethyl adjacent to an activating group) is 1. The molecule has 0 saturated heterocycles. The van der Waals surface area contributed by atoms with Gasteiger partial charge >= 0.3 is 0 Å².